The minimum absolute atomic E-state index is 0.502. The first-order chi connectivity index (χ1) is 10.4. The summed E-state index contributed by atoms with van der Waals surface area (Å²) in [6.45, 7) is 3.21. The van der Waals surface area contributed by atoms with Crippen molar-refractivity contribution in [2.24, 2.45) is 0 Å². The third-order valence-corrected chi connectivity index (χ3v) is 4.44. The average Bonchev–Trinajstić information content (AvgIpc) is 2.89. The van der Waals surface area contributed by atoms with Gasteiger partial charge in [-0.05, 0) is 31.5 Å². The summed E-state index contributed by atoms with van der Waals surface area (Å²) < 4.78 is 2.01. The molecule has 0 radical (unpaired) electrons. The fourth-order valence-electron chi connectivity index (χ4n) is 3.43. The molecule has 1 aromatic heterocycles. The zero-order chi connectivity index (χ0) is 14.5. The summed E-state index contributed by atoms with van der Waals surface area (Å²) in [6.07, 6.45) is 8.38. The Labute approximate surface area is 126 Å². The van der Waals surface area contributed by atoms with E-state index in [9.17, 15) is 0 Å². The van der Waals surface area contributed by atoms with Crippen molar-refractivity contribution in [1.29, 1.82) is 0 Å². The van der Waals surface area contributed by atoms with Gasteiger partial charge in [0.25, 0.3) is 0 Å². The molecule has 0 spiro atoms. The van der Waals surface area contributed by atoms with E-state index in [1.807, 2.05) is 16.9 Å². The van der Waals surface area contributed by atoms with E-state index in [-0.39, 0.29) is 0 Å². The molecule has 1 N–H and O–H groups in total. The fourth-order valence-corrected chi connectivity index (χ4v) is 3.43. The highest BCUT2D eigenvalue weighted by Gasteiger charge is 2.27. The molecule has 2 aromatic rings. The number of hydrogen-bond acceptors (Lipinski definition) is 3. The van der Waals surface area contributed by atoms with Crippen LogP contribution in [0.15, 0.2) is 36.5 Å². The highest BCUT2D eigenvalue weighted by Crippen LogP contribution is 2.32. The lowest BCUT2D eigenvalue weighted by molar-refractivity contribution is 0.407. The number of nitrogens with zero attached hydrogens (tertiary/aromatic N) is 3. The summed E-state index contributed by atoms with van der Waals surface area (Å²) in [5, 5.41) is 12.2. The zero-order valence-electron chi connectivity index (χ0n) is 12.7. The van der Waals surface area contributed by atoms with Gasteiger partial charge < -0.3 is 5.32 Å². The van der Waals surface area contributed by atoms with Crippen LogP contribution < -0.4 is 5.32 Å². The molecule has 1 fully saturated rings. The van der Waals surface area contributed by atoms with Crippen LogP contribution in [-0.4, -0.2) is 27.6 Å². The monoisotopic (exact) mass is 284 g/mol. The fraction of sp³-hybridized carbons (Fsp3) is 0.529. The summed E-state index contributed by atoms with van der Waals surface area (Å²) in [5.74, 6) is 0.502. The predicted molar refractivity (Wildman–Crippen MR) is 84.6 cm³/mol. The molecule has 1 aliphatic rings. The molecular weight excluding hydrogens is 260 g/mol. The average molecular weight is 284 g/mol. The molecule has 1 heterocycles. The first kappa shape index (κ1) is 14.3. The van der Waals surface area contributed by atoms with Gasteiger partial charge in [-0.1, -0.05) is 49.6 Å². The van der Waals surface area contributed by atoms with Crippen LogP contribution in [0.4, 0.5) is 0 Å². The molecule has 0 amide bonds. The Morgan fingerprint density at radius 3 is 2.76 bits per heavy atom. The van der Waals surface area contributed by atoms with Crippen molar-refractivity contribution in [3.8, 4) is 5.69 Å². The van der Waals surface area contributed by atoms with E-state index in [1.165, 1.54) is 37.8 Å². The molecule has 1 aromatic carbocycles. The van der Waals surface area contributed by atoms with Crippen molar-refractivity contribution in [3.05, 3.63) is 42.2 Å². The molecule has 3 rings (SSSR count). The van der Waals surface area contributed by atoms with Gasteiger partial charge in [0.05, 0.1) is 17.6 Å². The molecule has 1 aliphatic carbocycles. The molecule has 4 heteroatoms. The maximum absolute atomic E-state index is 4.33. The van der Waals surface area contributed by atoms with Gasteiger partial charge in [0.2, 0.25) is 0 Å². The van der Waals surface area contributed by atoms with Gasteiger partial charge in [-0.15, -0.1) is 5.10 Å². The van der Waals surface area contributed by atoms with Crippen LogP contribution in [0.3, 0.4) is 0 Å². The Kier molecular flexibility index (Phi) is 4.65. The van der Waals surface area contributed by atoms with Crippen molar-refractivity contribution in [2.75, 3.05) is 6.54 Å². The molecule has 1 saturated carbocycles. The lowest BCUT2D eigenvalue weighted by Gasteiger charge is -2.26. The van der Waals surface area contributed by atoms with Gasteiger partial charge in [0.15, 0.2) is 0 Å². The topological polar surface area (TPSA) is 42.7 Å². The normalized spacial score (nSPS) is 22.9. The van der Waals surface area contributed by atoms with Crippen LogP contribution in [-0.2, 0) is 0 Å². The molecule has 2 atom stereocenters. The first-order valence-corrected chi connectivity index (χ1v) is 8.09. The van der Waals surface area contributed by atoms with E-state index < -0.39 is 0 Å². The molecule has 2 unspecified atom stereocenters. The molecule has 21 heavy (non-hydrogen) atoms. The Bertz CT molecular complexity index is 549. The predicted octanol–water partition coefficient (Wildman–Crippen LogP) is 3.29. The van der Waals surface area contributed by atoms with Gasteiger partial charge in [0.1, 0.15) is 0 Å². The van der Waals surface area contributed by atoms with E-state index >= 15 is 0 Å². The van der Waals surface area contributed by atoms with E-state index in [1.54, 1.807) is 0 Å². The third kappa shape index (κ3) is 3.16. The first-order valence-electron chi connectivity index (χ1n) is 8.09. The SMILES string of the molecule is CCNC1CCCCCC1c1cnnn1-c1ccccc1. The molecule has 0 aliphatic heterocycles. The zero-order valence-corrected chi connectivity index (χ0v) is 12.7. The Morgan fingerprint density at radius 2 is 1.95 bits per heavy atom. The van der Waals surface area contributed by atoms with Crippen molar-refractivity contribution >= 4 is 0 Å². The number of nitrogens with one attached hydrogen (secondary N) is 1. The molecule has 0 saturated heterocycles. The van der Waals surface area contributed by atoms with Crippen LogP contribution in [0.2, 0.25) is 0 Å². The third-order valence-electron chi connectivity index (χ3n) is 4.44. The van der Waals surface area contributed by atoms with E-state index in [4.69, 9.17) is 0 Å². The van der Waals surface area contributed by atoms with Gasteiger partial charge in [-0.2, -0.15) is 0 Å². The Hall–Kier alpha value is -1.68. The second-order valence-electron chi connectivity index (χ2n) is 5.81. The highest BCUT2D eigenvalue weighted by atomic mass is 15.4. The number of rotatable bonds is 4. The summed E-state index contributed by atoms with van der Waals surface area (Å²) in [7, 11) is 0. The number of hydrogen-bond donors (Lipinski definition) is 1. The number of likely N-dealkylation sites (N-methyl/N-ethyl adjacent to an activating group) is 1. The van der Waals surface area contributed by atoms with Gasteiger partial charge in [-0.3, -0.25) is 0 Å². The van der Waals surface area contributed by atoms with E-state index in [2.05, 4.69) is 46.8 Å². The maximum Gasteiger partial charge on any atom is 0.0733 e. The Balaban J connectivity index is 1.93. The number of benzene rings is 1. The minimum atomic E-state index is 0.502. The summed E-state index contributed by atoms with van der Waals surface area (Å²) >= 11 is 0. The highest BCUT2D eigenvalue weighted by molar-refractivity contribution is 5.32. The number of para-hydroxylation sites is 1. The Morgan fingerprint density at radius 1 is 1.14 bits per heavy atom. The van der Waals surface area contributed by atoms with Crippen molar-refractivity contribution in [2.45, 2.75) is 51.0 Å². The van der Waals surface area contributed by atoms with Crippen LogP contribution in [0.25, 0.3) is 5.69 Å². The molecular formula is C17H24N4. The standard InChI is InChI=1S/C17H24N4/c1-2-18-16-12-8-4-7-11-15(16)17-13-19-20-21(17)14-9-5-3-6-10-14/h3,5-6,9-10,13,15-16,18H,2,4,7-8,11-12H2,1H3. The van der Waals surface area contributed by atoms with Crippen LogP contribution in [0, 0.1) is 0 Å². The summed E-state index contributed by atoms with van der Waals surface area (Å²) in [6, 6.07) is 10.9. The molecule has 112 valence electrons. The van der Waals surface area contributed by atoms with Gasteiger partial charge >= 0.3 is 0 Å². The number of aromatic nitrogens is 3. The van der Waals surface area contributed by atoms with Gasteiger partial charge in [-0.25, -0.2) is 4.68 Å². The van der Waals surface area contributed by atoms with Gasteiger partial charge in [0, 0.05) is 12.0 Å². The summed E-state index contributed by atoms with van der Waals surface area (Å²) in [4.78, 5) is 0. The summed E-state index contributed by atoms with van der Waals surface area (Å²) in [5.41, 5.74) is 2.35. The van der Waals surface area contributed by atoms with Crippen molar-refractivity contribution in [1.82, 2.24) is 20.3 Å². The van der Waals surface area contributed by atoms with Crippen LogP contribution in [0.1, 0.15) is 50.6 Å². The maximum atomic E-state index is 4.33. The van der Waals surface area contributed by atoms with Crippen LogP contribution in [0.5, 0.6) is 0 Å². The lowest BCUT2D eigenvalue weighted by atomic mass is 9.91. The second kappa shape index (κ2) is 6.85. The smallest absolute Gasteiger partial charge is 0.0733 e. The van der Waals surface area contributed by atoms with Crippen molar-refractivity contribution in [3.63, 3.8) is 0 Å². The van der Waals surface area contributed by atoms with E-state index in [0.29, 0.717) is 12.0 Å². The van der Waals surface area contributed by atoms with Crippen molar-refractivity contribution < 1.29 is 0 Å². The second-order valence-corrected chi connectivity index (χ2v) is 5.81. The van der Waals surface area contributed by atoms with Crippen LogP contribution >= 0.6 is 0 Å². The van der Waals surface area contributed by atoms with E-state index in [0.717, 1.165) is 12.2 Å². The molecule has 0 bridgehead atoms. The quantitative estimate of drug-likeness (QED) is 0.876. The lowest BCUT2D eigenvalue weighted by Crippen LogP contribution is -2.35. The largest absolute Gasteiger partial charge is 0.314 e. The minimum Gasteiger partial charge on any atom is -0.314 e. The molecule has 4 nitrogen and oxygen atoms in total.